The predicted molar refractivity (Wildman–Crippen MR) is 58.4 cm³/mol. The van der Waals surface area contributed by atoms with Crippen LogP contribution in [-0.4, -0.2) is 27.0 Å². The molecule has 106 valence electrons. The van der Waals surface area contributed by atoms with Crippen LogP contribution in [0.25, 0.3) is 0 Å². The number of carbonyl (C=O) groups is 1. The van der Waals surface area contributed by atoms with Crippen LogP contribution in [0.15, 0.2) is 18.2 Å². The van der Waals surface area contributed by atoms with Gasteiger partial charge in [0.15, 0.2) is 5.75 Å². The van der Waals surface area contributed by atoms with Crippen molar-refractivity contribution in [3.8, 4) is 5.75 Å². The van der Waals surface area contributed by atoms with Crippen molar-refractivity contribution < 1.29 is 35.3 Å². The summed E-state index contributed by atoms with van der Waals surface area (Å²) in [5, 5.41) is -0.476. The summed E-state index contributed by atoms with van der Waals surface area (Å²) in [6.45, 7) is 0. The van der Waals surface area contributed by atoms with Crippen molar-refractivity contribution in [2.75, 3.05) is 7.11 Å². The molecular weight excluding hydrogens is 313 g/mol. The molecule has 0 unspecified atom stereocenters. The van der Waals surface area contributed by atoms with E-state index in [4.69, 9.17) is 11.6 Å². The minimum Gasteiger partial charge on any atom is -0.465 e. The van der Waals surface area contributed by atoms with Crippen LogP contribution in [0.1, 0.15) is 10.4 Å². The number of alkyl halides is 3. The Kier molecular flexibility index (Phi) is 4.31. The molecule has 1 rings (SSSR count). The highest BCUT2D eigenvalue weighted by Crippen LogP contribution is 2.31. The fourth-order valence-corrected chi connectivity index (χ4v) is 1.72. The Hall–Kier alpha value is -1.48. The monoisotopic (exact) mass is 318 g/mol. The molecule has 0 atom stereocenters. The van der Waals surface area contributed by atoms with E-state index in [2.05, 4.69) is 8.92 Å². The van der Waals surface area contributed by atoms with Crippen molar-refractivity contribution in [3.05, 3.63) is 28.8 Å². The average molecular weight is 319 g/mol. The van der Waals surface area contributed by atoms with Crippen LogP contribution in [0.4, 0.5) is 13.2 Å². The summed E-state index contributed by atoms with van der Waals surface area (Å²) in [5.74, 6) is -1.53. The third-order valence-electron chi connectivity index (χ3n) is 1.84. The fourth-order valence-electron chi connectivity index (χ4n) is 0.979. The van der Waals surface area contributed by atoms with Gasteiger partial charge in [0.25, 0.3) is 0 Å². The van der Waals surface area contributed by atoms with Crippen LogP contribution in [0, 0.1) is 0 Å². The van der Waals surface area contributed by atoms with E-state index in [9.17, 15) is 26.4 Å². The van der Waals surface area contributed by atoms with Crippen molar-refractivity contribution in [1.82, 2.24) is 0 Å². The Labute approximate surface area is 111 Å². The number of ether oxygens (including phenoxy) is 1. The minimum atomic E-state index is -5.81. The zero-order chi connectivity index (χ0) is 14.8. The summed E-state index contributed by atoms with van der Waals surface area (Å²) in [5.41, 5.74) is -5.64. The molecule has 0 aliphatic rings. The summed E-state index contributed by atoms with van der Waals surface area (Å²) in [6, 6.07) is 2.76. The second-order valence-corrected chi connectivity index (χ2v) is 5.07. The van der Waals surface area contributed by atoms with Crippen molar-refractivity contribution in [2.24, 2.45) is 0 Å². The number of esters is 1. The van der Waals surface area contributed by atoms with Crippen LogP contribution in [-0.2, 0) is 14.9 Å². The smallest absolute Gasteiger partial charge is 0.465 e. The second kappa shape index (κ2) is 5.25. The Morgan fingerprint density at radius 3 is 2.32 bits per heavy atom. The summed E-state index contributed by atoms with van der Waals surface area (Å²) >= 11 is 5.52. The van der Waals surface area contributed by atoms with Crippen LogP contribution in [0.3, 0.4) is 0 Å². The van der Waals surface area contributed by atoms with E-state index in [1.54, 1.807) is 0 Å². The van der Waals surface area contributed by atoms with E-state index < -0.39 is 32.4 Å². The Balaban J connectivity index is 3.09. The molecule has 0 aromatic heterocycles. The molecule has 19 heavy (non-hydrogen) atoms. The van der Waals surface area contributed by atoms with E-state index in [0.717, 1.165) is 25.3 Å². The number of methoxy groups -OCH3 is 1. The van der Waals surface area contributed by atoms with Gasteiger partial charge in [-0.15, -0.1) is 0 Å². The Bertz CT molecular complexity index is 596. The summed E-state index contributed by atoms with van der Waals surface area (Å²) in [7, 11) is -4.72. The highest BCUT2D eigenvalue weighted by molar-refractivity contribution is 7.88. The largest absolute Gasteiger partial charge is 0.534 e. The van der Waals surface area contributed by atoms with Gasteiger partial charge < -0.3 is 8.92 Å². The number of hydrogen-bond acceptors (Lipinski definition) is 5. The lowest BCUT2D eigenvalue weighted by atomic mass is 10.2. The zero-order valence-corrected chi connectivity index (χ0v) is 10.8. The van der Waals surface area contributed by atoms with E-state index in [1.165, 1.54) is 0 Å². The van der Waals surface area contributed by atoms with Gasteiger partial charge in [-0.05, 0) is 18.2 Å². The Morgan fingerprint density at radius 2 is 1.89 bits per heavy atom. The van der Waals surface area contributed by atoms with Gasteiger partial charge in [0.1, 0.15) is 0 Å². The van der Waals surface area contributed by atoms with Crippen LogP contribution < -0.4 is 4.18 Å². The molecule has 1 aromatic rings. The van der Waals surface area contributed by atoms with E-state index >= 15 is 0 Å². The van der Waals surface area contributed by atoms with Crippen molar-refractivity contribution in [3.63, 3.8) is 0 Å². The molecule has 0 aliphatic heterocycles. The predicted octanol–water partition coefficient (Wildman–Crippen LogP) is 2.36. The molecule has 0 spiro atoms. The molecule has 0 saturated heterocycles. The molecule has 10 heteroatoms. The van der Waals surface area contributed by atoms with Crippen LogP contribution in [0.2, 0.25) is 5.02 Å². The van der Waals surface area contributed by atoms with Gasteiger partial charge in [-0.1, -0.05) is 11.6 Å². The van der Waals surface area contributed by atoms with Gasteiger partial charge in [0.2, 0.25) is 0 Å². The minimum absolute atomic E-state index is 0.0655. The lowest BCUT2D eigenvalue weighted by Crippen LogP contribution is -2.28. The first-order valence-corrected chi connectivity index (χ1v) is 6.25. The number of hydrogen-bond donors (Lipinski definition) is 0. The summed E-state index contributed by atoms with van der Waals surface area (Å²) in [4.78, 5) is 11.1. The number of rotatable bonds is 3. The van der Waals surface area contributed by atoms with Gasteiger partial charge in [0.05, 0.1) is 17.7 Å². The van der Waals surface area contributed by atoms with Gasteiger partial charge >= 0.3 is 21.6 Å². The third kappa shape index (κ3) is 3.51. The second-order valence-electron chi connectivity index (χ2n) is 3.12. The van der Waals surface area contributed by atoms with Gasteiger partial charge in [-0.3, -0.25) is 0 Å². The number of carbonyl (C=O) groups excluding carboxylic acids is 1. The highest BCUT2D eigenvalue weighted by atomic mass is 35.5. The maximum Gasteiger partial charge on any atom is 0.534 e. The van der Waals surface area contributed by atoms with E-state index in [1.807, 2.05) is 0 Å². The van der Waals surface area contributed by atoms with Crippen molar-refractivity contribution in [2.45, 2.75) is 5.51 Å². The van der Waals surface area contributed by atoms with Crippen molar-refractivity contribution >= 4 is 27.7 Å². The lowest BCUT2D eigenvalue weighted by molar-refractivity contribution is -0.0500. The van der Waals surface area contributed by atoms with Crippen LogP contribution >= 0.6 is 11.6 Å². The Morgan fingerprint density at radius 1 is 1.32 bits per heavy atom. The lowest BCUT2D eigenvalue weighted by Gasteiger charge is -2.10. The molecule has 0 aliphatic carbocycles. The molecule has 0 amide bonds. The maximum atomic E-state index is 12.1. The third-order valence-corrected chi connectivity index (χ3v) is 3.10. The quantitative estimate of drug-likeness (QED) is 0.486. The molecule has 0 heterocycles. The summed E-state index contributed by atoms with van der Waals surface area (Å²) in [6.07, 6.45) is 0. The standard InChI is InChI=1S/C9H6ClF3O5S/c1-17-8(14)5-2-3-7(6(10)4-5)18-19(15,16)9(11,12)13/h2-4H,1H3. The molecule has 0 radical (unpaired) electrons. The van der Waals surface area contributed by atoms with Gasteiger partial charge in [-0.25, -0.2) is 4.79 Å². The molecule has 0 bridgehead atoms. The molecule has 0 N–H and O–H groups in total. The van der Waals surface area contributed by atoms with E-state index in [0.29, 0.717) is 0 Å². The first kappa shape index (κ1) is 15.6. The first-order chi connectivity index (χ1) is 8.58. The van der Waals surface area contributed by atoms with E-state index in [-0.39, 0.29) is 5.56 Å². The number of halogens is 4. The summed E-state index contributed by atoms with van der Waals surface area (Å²) < 4.78 is 65.9. The highest BCUT2D eigenvalue weighted by Gasteiger charge is 2.48. The molecule has 0 fully saturated rings. The number of benzene rings is 1. The molecule has 0 saturated carbocycles. The van der Waals surface area contributed by atoms with Crippen LogP contribution in [0.5, 0.6) is 5.75 Å². The molecule has 5 nitrogen and oxygen atoms in total. The first-order valence-electron chi connectivity index (χ1n) is 4.47. The molecule has 1 aromatic carbocycles. The van der Waals surface area contributed by atoms with Crippen molar-refractivity contribution in [1.29, 1.82) is 0 Å². The van der Waals surface area contributed by atoms with Gasteiger partial charge in [0, 0.05) is 0 Å². The normalized spacial score (nSPS) is 12.1. The topological polar surface area (TPSA) is 69.7 Å². The SMILES string of the molecule is COC(=O)c1ccc(OS(=O)(=O)C(F)(F)F)c(Cl)c1. The average Bonchev–Trinajstić information content (AvgIpc) is 2.29. The molecular formula is C9H6ClF3O5S. The van der Waals surface area contributed by atoms with Gasteiger partial charge in [-0.2, -0.15) is 21.6 Å². The maximum absolute atomic E-state index is 12.1. The fraction of sp³-hybridized carbons (Fsp3) is 0.222. The zero-order valence-electron chi connectivity index (χ0n) is 9.19.